The highest BCUT2D eigenvalue weighted by atomic mass is 16.3. The molecular weight excluding hydrogens is 240 g/mol. The first-order valence-corrected chi connectivity index (χ1v) is 6.46. The van der Waals surface area contributed by atoms with Crippen LogP contribution < -0.4 is 0 Å². The number of amides is 1. The van der Waals surface area contributed by atoms with Gasteiger partial charge in [0.15, 0.2) is 0 Å². The number of nitrogens with zero attached hydrogens (tertiary/aromatic N) is 2. The third-order valence-electron chi connectivity index (χ3n) is 2.11. The highest BCUT2D eigenvalue weighted by molar-refractivity contribution is 5.46. The minimum atomic E-state index is -0.500. The van der Waals surface area contributed by atoms with E-state index in [-0.39, 0.29) is 0 Å². The first kappa shape index (κ1) is 17.6. The molecule has 0 radical (unpaired) electrons. The molecule has 0 aliphatic rings. The Hall–Kier alpha value is -1.42. The Labute approximate surface area is 116 Å². The summed E-state index contributed by atoms with van der Waals surface area (Å²) in [5, 5.41) is 8.52. The van der Waals surface area contributed by atoms with E-state index in [1.807, 2.05) is 12.3 Å². The number of aliphatic hydroxyl groups is 1. The van der Waals surface area contributed by atoms with E-state index in [2.05, 4.69) is 24.9 Å². The maximum Gasteiger partial charge on any atom is 0.209 e. The number of aromatic nitrogens is 1. The predicted molar refractivity (Wildman–Crippen MR) is 77.8 cm³/mol. The second kappa shape index (κ2) is 7.89. The summed E-state index contributed by atoms with van der Waals surface area (Å²) in [5.41, 5.74) is 1.64. The second-order valence-corrected chi connectivity index (χ2v) is 5.93. The van der Waals surface area contributed by atoms with Crippen molar-refractivity contribution < 1.29 is 9.90 Å². The monoisotopic (exact) mass is 266 g/mol. The number of carbonyl (C=O) groups excluding carboxylic acids is 1. The van der Waals surface area contributed by atoms with Crippen LogP contribution in [-0.2, 0) is 11.3 Å². The molecule has 1 N–H and O–H groups in total. The molecule has 0 saturated carbocycles. The highest BCUT2D eigenvalue weighted by Gasteiger charge is 2.01. The van der Waals surface area contributed by atoms with Crippen molar-refractivity contribution in [3.8, 4) is 0 Å². The first-order chi connectivity index (χ1) is 8.63. The summed E-state index contributed by atoms with van der Waals surface area (Å²) in [6, 6.07) is 4.03. The van der Waals surface area contributed by atoms with Crippen LogP contribution in [0.5, 0.6) is 0 Å². The van der Waals surface area contributed by atoms with Gasteiger partial charge in [0.2, 0.25) is 6.41 Å². The van der Waals surface area contributed by atoms with Crippen LogP contribution in [0.4, 0.5) is 0 Å². The van der Waals surface area contributed by atoms with Gasteiger partial charge in [-0.15, -0.1) is 0 Å². The Balaban J connectivity index is 0.000000555. The lowest BCUT2D eigenvalue weighted by Gasteiger charge is -2.10. The van der Waals surface area contributed by atoms with E-state index < -0.39 is 5.60 Å². The molecule has 0 aliphatic carbocycles. The highest BCUT2D eigenvalue weighted by Crippen LogP contribution is 2.12. The Morgan fingerprint density at radius 1 is 1.37 bits per heavy atom. The van der Waals surface area contributed by atoms with Gasteiger partial charge in [-0.1, -0.05) is 19.9 Å². The Morgan fingerprint density at radius 2 is 1.89 bits per heavy atom. The number of rotatable bonds is 4. The van der Waals surface area contributed by atoms with Crippen molar-refractivity contribution in [1.82, 2.24) is 9.88 Å². The van der Waals surface area contributed by atoms with Gasteiger partial charge in [-0.25, -0.2) is 0 Å². The summed E-state index contributed by atoms with van der Waals surface area (Å²) >= 11 is 0. The van der Waals surface area contributed by atoms with Crippen molar-refractivity contribution in [2.45, 2.75) is 52.7 Å². The lowest BCUT2D eigenvalue weighted by Crippen LogP contribution is -2.15. The minimum absolute atomic E-state index is 0.500. The van der Waals surface area contributed by atoms with Crippen LogP contribution in [0.2, 0.25) is 0 Å². The third kappa shape index (κ3) is 10.2. The lowest BCUT2D eigenvalue weighted by atomic mass is 10.1. The van der Waals surface area contributed by atoms with Gasteiger partial charge in [0, 0.05) is 13.2 Å². The second-order valence-electron chi connectivity index (χ2n) is 5.93. The lowest BCUT2D eigenvalue weighted by molar-refractivity contribution is -0.117. The summed E-state index contributed by atoms with van der Waals surface area (Å²) < 4.78 is 0. The van der Waals surface area contributed by atoms with E-state index in [4.69, 9.17) is 5.11 Å². The smallest absolute Gasteiger partial charge is 0.209 e. The van der Waals surface area contributed by atoms with Crippen LogP contribution in [0, 0.1) is 0 Å². The molecule has 4 nitrogen and oxygen atoms in total. The molecule has 0 aromatic carbocycles. The van der Waals surface area contributed by atoms with Gasteiger partial charge in [-0.3, -0.25) is 9.78 Å². The summed E-state index contributed by atoms with van der Waals surface area (Å²) in [6.07, 6.45) is 2.68. The normalized spacial score (nSPS) is 10.7. The van der Waals surface area contributed by atoms with Gasteiger partial charge in [-0.05, 0) is 38.3 Å². The van der Waals surface area contributed by atoms with Crippen molar-refractivity contribution in [2.75, 3.05) is 7.05 Å². The molecule has 108 valence electrons. The van der Waals surface area contributed by atoms with Crippen LogP contribution in [-0.4, -0.2) is 34.0 Å². The van der Waals surface area contributed by atoms with Crippen molar-refractivity contribution in [3.63, 3.8) is 0 Å². The molecule has 0 aliphatic heterocycles. The topological polar surface area (TPSA) is 53.4 Å². The minimum Gasteiger partial charge on any atom is -0.391 e. The molecule has 1 aromatic heterocycles. The van der Waals surface area contributed by atoms with E-state index in [0.717, 1.165) is 12.1 Å². The Morgan fingerprint density at radius 3 is 2.21 bits per heavy atom. The van der Waals surface area contributed by atoms with Gasteiger partial charge >= 0.3 is 0 Å². The van der Waals surface area contributed by atoms with E-state index in [0.29, 0.717) is 12.5 Å². The number of hydrogen-bond acceptors (Lipinski definition) is 3. The first-order valence-electron chi connectivity index (χ1n) is 6.46. The molecule has 0 unspecified atom stereocenters. The molecule has 0 saturated heterocycles. The quantitative estimate of drug-likeness (QED) is 0.852. The van der Waals surface area contributed by atoms with Gasteiger partial charge in [0.25, 0.3) is 0 Å². The number of hydrogen-bond donors (Lipinski definition) is 1. The largest absolute Gasteiger partial charge is 0.391 e. The zero-order valence-corrected chi connectivity index (χ0v) is 12.8. The molecule has 1 amide bonds. The van der Waals surface area contributed by atoms with Crippen LogP contribution in [0.15, 0.2) is 18.3 Å². The molecule has 1 heterocycles. The molecule has 19 heavy (non-hydrogen) atoms. The Kier molecular flexibility index (Phi) is 7.30. The number of carbonyl (C=O) groups is 1. The molecule has 0 fully saturated rings. The van der Waals surface area contributed by atoms with Crippen LogP contribution in [0.25, 0.3) is 0 Å². The zero-order chi connectivity index (χ0) is 15.1. The zero-order valence-electron chi connectivity index (χ0n) is 12.8. The fourth-order valence-corrected chi connectivity index (χ4v) is 1.16. The summed E-state index contributed by atoms with van der Waals surface area (Å²) in [6.45, 7) is 10.1. The van der Waals surface area contributed by atoms with Crippen molar-refractivity contribution >= 4 is 6.41 Å². The van der Waals surface area contributed by atoms with Gasteiger partial charge in [0.05, 0.1) is 17.8 Å². The van der Waals surface area contributed by atoms with Crippen molar-refractivity contribution in [3.05, 3.63) is 29.6 Å². The Bertz CT molecular complexity index is 361. The van der Waals surface area contributed by atoms with E-state index >= 15 is 0 Å². The van der Waals surface area contributed by atoms with Crippen LogP contribution >= 0.6 is 0 Å². The fourth-order valence-electron chi connectivity index (χ4n) is 1.16. The number of pyridine rings is 1. The van der Waals surface area contributed by atoms with Crippen LogP contribution in [0.1, 0.15) is 51.8 Å². The third-order valence-corrected chi connectivity index (χ3v) is 2.11. The standard InChI is InChI=1S/C11H16N2O.C4H10O/c1-9(2)10-4-5-11(12-6-10)7-13(3)8-14;1-4(2,3)5/h4-6,8-9H,7H2,1-3H3;5H,1-3H3. The summed E-state index contributed by atoms with van der Waals surface area (Å²) in [5.74, 6) is 0.500. The van der Waals surface area contributed by atoms with Crippen molar-refractivity contribution in [1.29, 1.82) is 0 Å². The molecule has 0 bridgehead atoms. The molecule has 1 aromatic rings. The van der Waals surface area contributed by atoms with Crippen LogP contribution in [0.3, 0.4) is 0 Å². The van der Waals surface area contributed by atoms with Crippen molar-refractivity contribution in [2.24, 2.45) is 0 Å². The maximum absolute atomic E-state index is 10.4. The predicted octanol–water partition coefficient (Wildman–Crippen LogP) is 2.57. The average molecular weight is 266 g/mol. The SMILES string of the molecule is CC(C)(C)O.CC(C)c1ccc(CN(C)C=O)nc1. The molecule has 0 spiro atoms. The average Bonchev–Trinajstić information content (AvgIpc) is 2.27. The van der Waals surface area contributed by atoms with Gasteiger partial charge in [-0.2, -0.15) is 0 Å². The van der Waals surface area contributed by atoms with E-state index in [1.54, 1.807) is 32.7 Å². The summed E-state index contributed by atoms with van der Waals surface area (Å²) in [7, 11) is 1.74. The molecule has 1 rings (SSSR count). The van der Waals surface area contributed by atoms with E-state index in [9.17, 15) is 4.79 Å². The van der Waals surface area contributed by atoms with E-state index in [1.165, 1.54) is 5.56 Å². The summed E-state index contributed by atoms with van der Waals surface area (Å²) in [4.78, 5) is 16.2. The fraction of sp³-hybridized carbons (Fsp3) is 0.600. The van der Waals surface area contributed by atoms with Gasteiger partial charge < -0.3 is 10.0 Å². The molecule has 4 heteroatoms. The molecular formula is C15H26N2O2. The molecule has 0 atom stereocenters. The maximum atomic E-state index is 10.4. The van der Waals surface area contributed by atoms with Gasteiger partial charge in [0.1, 0.15) is 0 Å².